The van der Waals surface area contributed by atoms with Gasteiger partial charge in [0.1, 0.15) is 5.75 Å². The molecule has 1 aromatic heterocycles. The number of aromatic hydroxyl groups is 1. The quantitative estimate of drug-likeness (QED) is 0.858. The van der Waals surface area contributed by atoms with E-state index < -0.39 is 0 Å². The molecular formula is C14H18N2O3. The van der Waals surface area contributed by atoms with Crippen molar-refractivity contribution < 1.29 is 9.90 Å². The van der Waals surface area contributed by atoms with Crippen LogP contribution in [0.4, 0.5) is 0 Å². The van der Waals surface area contributed by atoms with Gasteiger partial charge in [-0.05, 0) is 26.2 Å². The van der Waals surface area contributed by atoms with Gasteiger partial charge in [0.2, 0.25) is 5.91 Å². The zero-order valence-corrected chi connectivity index (χ0v) is 11.4. The first kappa shape index (κ1) is 12.3. The molecule has 19 heavy (non-hydrogen) atoms. The van der Waals surface area contributed by atoms with Crippen LogP contribution in [0.2, 0.25) is 0 Å². The number of carbonyl (C=O) groups excluding carboxylic acids is 1. The molecule has 3 saturated carbocycles. The fraction of sp³-hybridized carbons (Fsp3) is 0.571. The van der Waals surface area contributed by atoms with E-state index in [-0.39, 0.29) is 28.2 Å². The number of hydrogen-bond donors (Lipinski definition) is 1. The summed E-state index contributed by atoms with van der Waals surface area (Å²) in [5.74, 6) is 0.199. The highest BCUT2D eigenvalue weighted by molar-refractivity contribution is 5.86. The Hall–Kier alpha value is -1.78. The maximum absolute atomic E-state index is 12.1. The van der Waals surface area contributed by atoms with E-state index in [4.69, 9.17) is 0 Å². The molecule has 3 aliphatic carbocycles. The monoisotopic (exact) mass is 262 g/mol. The van der Waals surface area contributed by atoms with E-state index >= 15 is 0 Å². The van der Waals surface area contributed by atoms with Crippen molar-refractivity contribution in [3.8, 4) is 5.75 Å². The molecule has 0 saturated heterocycles. The fourth-order valence-electron chi connectivity index (χ4n) is 3.69. The Labute approximate surface area is 111 Å². The zero-order chi connectivity index (χ0) is 14.0. The molecule has 0 unspecified atom stereocenters. The summed E-state index contributed by atoms with van der Waals surface area (Å²) in [5.41, 5.74) is 0.0710. The van der Waals surface area contributed by atoms with Gasteiger partial charge in [-0.1, -0.05) is 0 Å². The van der Waals surface area contributed by atoms with E-state index in [1.54, 1.807) is 36.7 Å². The average Bonchev–Trinajstić information content (AvgIpc) is 2.21. The summed E-state index contributed by atoms with van der Waals surface area (Å²) in [6, 6.07) is 1.26. The minimum absolute atomic E-state index is 0.0342. The molecule has 1 N–H and O–H groups in total. The lowest BCUT2D eigenvalue weighted by atomic mass is 9.38. The fourth-order valence-corrected chi connectivity index (χ4v) is 3.69. The predicted octanol–water partition coefficient (Wildman–Crippen LogP) is 0.830. The summed E-state index contributed by atoms with van der Waals surface area (Å²) in [6.45, 7) is 1.78. The highest BCUT2D eigenvalue weighted by Gasteiger charge is 2.73. The Morgan fingerprint density at radius 1 is 1.37 bits per heavy atom. The number of carbonyl (C=O) groups is 1. The van der Waals surface area contributed by atoms with E-state index in [1.165, 1.54) is 6.07 Å². The van der Waals surface area contributed by atoms with Crippen LogP contribution in [0.25, 0.3) is 0 Å². The zero-order valence-electron chi connectivity index (χ0n) is 11.4. The molecule has 5 nitrogen and oxygen atoms in total. The first-order valence-corrected chi connectivity index (χ1v) is 6.44. The van der Waals surface area contributed by atoms with Crippen LogP contribution in [0.15, 0.2) is 17.1 Å². The predicted molar refractivity (Wildman–Crippen MR) is 70.1 cm³/mol. The van der Waals surface area contributed by atoms with Gasteiger partial charge in [0.05, 0.1) is 11.0 Å². The van der Waals surface area contributed by atoms with Crippen molar-refractivity contribution in [1.82, 2.24) is 9.47 Å². The molecule has 1 heterocycles. The topological polar surface area (TPSA) is 62.5 Å². The van der Waals surface area contributed by atoms with Crippen molar-refractivity contribution >= 4 is 5.91 Å². The second kappa shape index (κ2) is 3.40. The van der Waals surface area contributed by atoms with Crippen molar-refractivity contribution in [2.24, 2.45) is 5.41 Å². The van der Waals surface area contributed by atoms with Crippen LogP contribution in [0.5, 0.6) is 5.75 Å². The second-order valence-electron chi connectivity index (χ2n) is 6.28. The van der Waals surface area contributed by atoms with Gasteiger partial charge in [0, 0.05) is 31.9 Å². The second-order valence-corrected chi connectivity index (χ2v) is 6.28. The first-order valence-electron chi connectivity index (χ1n) is 6.44. The van der Waals surface area contributed by atoms with Crippen molar-refractivity contribution in [2.45, 2.75) is 31.7 Å². The molecule has 0 spiro atoms. The molecule has 3 aliphatic rings. The minimum atomic E-state index is -0.241. The summed E-state index contributed by atoms with van der Waals surface area (Å²) in [4.78, 5) is 25.7. The summed E-state index contributed by atoms with van der Waals surface area (Å²) in [6.07, 6.45) is 3.92. The number of aryl methyl sites for hydroxylation is 1. The molecule has 0 aromatic carbocycles. The maximum Gasteiger partial charge on any atom is 0.254 e. The SMILES string of the molecule is Cc1cn(C23CC(C(=O)N(C)C)(C2)C3)c(=O)cc1O. The van der Waals surface area contributed by atoms with E-state index in [0.29, 0.717) is 5.56 Å². The van der Waals surface area contributed by atoms with Crippen molar-refractivity contribution in [3.05, 3.63) is 28.2 Å². The lowest BCUT2D eigenvalue weighted by molar-refractivity contribution is -0.205. The lowest BCUT2D eigenvalue weighted by Crippen LogP contribution is -2.73. The molecule has 1 amide bonds. The summed E-state index contributed by atoms with van der Waals surface area (Å²) in [5, 5.41) is 9.53. The number of aromatic nitrogens is 1. The molecule has 3 fully saturated rings. The number of rotatable bonds is 2. The van der Waals surface area contributed by atoms with Gasteiger partial charge in [-0.3, -0.25) is 9.59 Å². The number of hydrogen-bond acceptors (Lipinski definition) is 3. The van der Waals surface area contributed by atoms with Crippen LogP contribution in [-0.4, -0.2) is 34.6 Å². The van der Waals surface area contributed by atoms with Gasteiger partial charge in [-0.25, -0.2) is 0 Å². The molecular weight excluding hydrogens is 244 g/mol. The van der Waals surface area contributed by atoms with Crippen LogP contribution in [-0.2, 0) is 10.3 Å². The standard InChI is InChI=1S/C14H18N2O3/c1-9-5-16(11(18)4-10(9)17)14-6-13(7-14,8-14)12(19)15(2)3/h4-5,17H,6-8H2,1-3H3. The molecule has 5 heteroatoms. The normalized spacial score (nSPS) is 31.3. The largest absolute Gasteiger partial charge is 0.507 e. The van der Waals surface area contributed by atoms with Crippen LogP contribution < -0.4 is 5.56 Å². The van der Waals surface area contributed by atoms with Crippen LogP contribution in [0.3, 0.4) is 0 Å². The number of nitrogens with zero attached hydrogens (tertiary/aromatic N) is 2. The van der Waals surface area contributed by atoms with E-state index in [9.17, 15) is 14.7 Å². The average molecular weight is 262 g/mol. The Morgan fingerprint density at radius 3 is 2.47 bits per heavy atom. The highest BCUT2D eigenvalue weighted by Crippen LogP contribution is 2.71. The van der Waals surface area contributed by atoms with Gasteiger partial charge in [-0.15, -0.1) is 0 Å². The molecule has 0 radical (unpaired) electrons. The van der Waals surface area contributed by atoms with Crippen molar-refractivity contribution in [3.63, 3.8) is 0 Å². The van der Waals surface area contributed by atoms with Gasteiger partial charge in [0.25, 0.3) is 5.56 Å². The molecule has 1 aromatic rings. The van der Waals surface area contributed by atoms with Crippen molar-refractivity contribution in [1.29, 1.82) is 0 Å². The molecule has 0 aliphatic heterocycles. The van der Waals surface area contributed by atoms with Gasteiger partial charge in [0.15, 0.2) is 0 Å². The lowest BCUT2D eigenvalue weighted by Gasteiger charge is -2.69. The summed E-state index contributed by atoms with van der Waals surface area (Å²) in [7, 11) is 3.54. The summed E-state index contributed by atoms with van der Waals surface area (Å²) >= 11 is 0. The highest BCUT2D eigenvalue weighted by atomic mass is 16.3. The third-order valence-electron chi connectivity index (χ3n) is 4.60. The molecule has 0 atom stereocenters. The van der Waals surface area contributed by atoms with E-state index in [2.05, 4.69) is 0 Å². The Balaban J connectivity index is 1.88. The third-order valence-corrected chi connectivity index (χ3v) is 4.60. The van der Waals surface area contributed by atoms with Crippen LogP contribution >= 0.6 is 0 Å². The van der Waals surface area contributed by atoms with Gasteiger partial charge in [-0.2, -0.15) is 0 Å². The van der Waals surface area contributed by atoms with E-state index in [0.717, 1.165) is 19.3 Å². The van der Waals surface area contributed by atoms with Crippen LogP contribution in [0, 0.1) is 12.3 Å². The van der Waals surface area contributed by atoms with E-state index in [1.807, 2.05) is 0 Å². The third kappa shape index (κ3) is 1.41. The first-order chi connectivity index (χ1) is 8.80. The molecule has 102 valence electrons. The Bertz CT molecular complexity index is 610. The smallest absolute Gasteiger partial charge is 0.254 e. The van der Waals surface area contributed by atoms with Crippen LogP contribution in [0.1, 0.15) is 24.8 Å². The maximum atomic E-state index is 12.1. The summed E-state index contributed by atoms with van der Waals surface area (Å²) < 4.78 is 1.70. The number of amides is 1. The molecule has 4 rings (SSSR count). The number of pyridine rings is 1. The Kier molecular flexibility index (Phi) is 2.20. The Morgan fingerprint density at radius 2 is 1.95 bits per heavy atom. The van der Waals surface area contributed by atoms with Gasteiger partial charge < -0.3 is 14.6 Å². The molecule has 2 bridgehead atoms. The minimum Gasteiger partial charge on any atom is -0.507 e. The van der Waals surface area contributed by atoms with Crippen molar-refractivity contribution in [2.75, 3.05) is 14.1 Å². The van der Waals surface area contributed by atoms with Gasteiger partial charge >= 0.3 is 0 Å².